The van der Waals surface area contributed by atoms with Crippen molar-refractivity contribution in [3.8, 4) is 5.88 Å². The first kappa shape index (κ1) is 15.1. The molecule has 0 aliphatic carbocycles. The molecule has 21 heavy (non-hydrogen) atoms. The predicted octanol–water partition coefficient (Wildman–Crippen LogP) is 1.06. The van der Waals surface area contributed by atoms with Gasteiger partial charge in [-0.3, -0.25) is 14.9 Å². The first-order chi connectivity index (χ1) is 9.74. The number of anilines is 2. The molecule has 1 aromatic rings. The number of amides is 2. The Balaban J connectivity index is 2.12. The molecule has 2 rings (SSSR count). The third kappa shape index (κ3) is 4.08. The van der Waals surface area contributed by atoms with Crippen molar-refractivity contribution in [1.82, 2.24) is 10.3 Å². The van der Waals surface area contributed by atoms with Gasteiger partial charge < -0.3 is 15.8 Å². The summed E-state index contributed by atoms with van der Waals surface area (Å²) in [6.45, 7) is 5.69. The number of carbonyl (C=O) groups is 2. The lowest BCUT2D eigenvalue weighted by Gasteiger charge is -2.24. The van der Waals surface area contributed by atoms with Crippen LogP contribution in [0.5, 0.6) is 5.88 Å². The van der Waals surface area contributed by atoms with E-state index in [4.69, 9.17) is 10.5 Å². The smallest absolute Gasteiger partial charge is 0.249 e. The van der Waals surface area contributed by atoms with Crippen LogP contribution < -0.4 is 21.1 Å². The predicted molar refractivity (Wildman–Crippen MR) is 78.8 cm³/mol. The van der Waals surface area contributed by atoms with Gasteiger partial charge in [-0.15, -0.1) is 0 Å². The standard InChI is InChI=1S/C14H20N4O3/c1-14(2,3)21-13-8(15)4-6-10(17-13)16-9-5-7-11(19)18-12(9)20/h4,6,9H,5,7,15H2,1-3H3,(H,16,17)(H,18,19,20). The molecule has 1 aliphatic heterocycles. The van der Waals surface area contributed by atoms with E-state index in [0.29, 0.717) is 30.2 Å². The number of carbonyl (C=O) groups excluding carboxylic acids is 2. The Morgan fingerprint density at radius 3 is 2.71 bits per heavy atom. The maximum atomic E-state index is 11.7. The third-order valence-corrected chi connectivity index (χ3v) is 2.85. The average Bonchev–Trinajstić information content (AvgIpc) is 2.35. The minimum Gasteiger partial charge on any atom is -0.470 e. The largest absolute Gasteiger partial charge is 0.470 e. The Bertz CT molecular complexity index is 566. The molecule has 4 N–H and O–H groups in total. The fourth-order valence-electron chi connectivity index (χ4n) is 1.91. The molecular weight excluding hydrogens is 272 g/mol. The van der Waals surface area contributed by atoms with Gasteiger partial charge >= 0.3 is 0 Å². The molecule has 0 saturated carbocycles. The summed E-state index contributed by atoms with van der Waals surface area (Å²) >= 11 is 0. The van der Waals surface area contributed by atoms with Crippen molar-refractivity contribution >= 4 is 23.3 Å². The zero-order valence-electron chi connectivity index (χ0n) is 12.4. The topological polar surface area (TPSA) is 106 Å². The van der Waals surface area contributed by atoms with Crippen LogP contribution in [0.25, 0.3) is 0 Å². The summed E-state index contributed by atoms with van der Waals surface area (Å²) in [4.78, 5) is 27.1. The molecule has 0 aromatic carbocycles. The van der Waals surface area contributed by atoms with Crippen LogP contribution in [0.4, 0.5) is 11.5 Å². The van der Waals surface area contributed by atoms with Crippen LogP contribution >= 0.6 is 0 Å². The molecule has 7 heteroatoms. The Hall–Kier alpha value is -2.31. The molecule has 7 nitrogen and oxygen atoms in total. The van der Waals surface area contributed by atoms with Crippen LogP contribution in [0, 0.1) is 0 Å². The summed E-state index contributed by atoms with van der Waals surface area (Å²) < 4.78 is 5.68. The Labute approximate surface area is 123 Å². The van der Waals surface area contributed by atoms with Crippen molar-refractivity contribution in [3.05, 3.63) is 12.1 Å². The lowest BCUT2D eigenvalue weighted by Crippen LogP contribution is -2.47. The molecule has 2 heterocycles. The van der Waals surface area contributed by atoms with E-state index >= 15 is 0 Å². The summed E-state index contributed by atoms with van der Waals surface area (Å²) in [5, 5.41) is 5.28. The van der Waals surface area contributed by atoms with E-state index in [1.54, 1.807) is 12.1 Å². The quantitative estimate of drug-likeness (QED) is 0.719. The monoisotopic (exact) mass is 292 g/mol. The van der Waals surface area contributed by atoms with Gasteiger partial charge in [-0.2, -0.15) is 4.98 Å². The highest BCUT2D eigenvalue weighted by Gasteiger charge is 2.27. The second-order valence-corrected chi connectivity index (χ2v) is 5.95. The van der Waals surface area contributed by atoms with Gasteiger partial charge in [0, 0.05) is 6.42 Å². The van der Waals surface area contributed by atoms with E-state index in [1.807, 2.05) is 20.8 Å². The molecule has 2 amide bonds. The highest BCUT2D eigenvalue weighted by molar-refractivity contribution is 6.01. The van der Waals surface area contributed by atoms with Gasteiger partial charge in [0.2, 0.25) is 17.7 Å². The van der Waals surface area contributed by atoms with Gasteiger partial charge in [-0.1, -0.05) is 0 Å². The van der Waals surface area contributed by atoms with Crippen LogP contribution in [-0.2, 0) is 9.59 Å². The minimum absolute atomic E-state index is 0.250. The zero-order valence-corrected chi connectivity index (χ0v) is 12.4. The summed E-state index contributed by atoms with van der Waals surface area (Å²) in [7, 11) is 0. The summed E-state index contributed by atoms with van der Waals surface area (Å²) in [6.07, 6.45) is 0.746. The van der Waals surface area contributed by atoms with E-state index in [1.165, 1.54) is 0 Å². The second-order valence-electron chi connectivity index (χ2n) is 5.95. The fourth-order valence-corrected chi connectivity index (χ4v) is 1.91. The Kier molecular flexibility index (Phi) is 4.02. The van der Waals surface area contributed by atoms with Crippen LogP contribution in [0.1, 0.15) is 33.6 Å². The SMILES string of the molecule is CC(C)(C)Oc1nc(NC2CCC(=O)NC2=O)ccc1N. The van der Waals surface area contributed by atoms with Crippen molar-refractivity contribution in [2.75, 3.05) is 11.1 Å². The number of hydrogen-bond donors (Lipinski definition) is 3. The molecule has 1 atom stereocenters. The van der Waals surface area contributed by atoms with Gasteiger partial charge in [0.1, 0.15) is 17.5 Å². The molecular formula is C14H20N4O3. The number of nitrogens with zero attached hydrogens (tertiary/aromatic N) is 1. The number of nitrogens with one attached hydrogen (secondary N) is 2. The summed E-state index contributed by atoms with van der Waals surface area (Å²) in [6, 6.07) is 2.86. The lowest BCUT2D eigenvalue weighted by atomic mass is 10.1. The van der Waals surface area contributed by atoms with Gasteiger partial charge in [0.15, 0.2) is 0 Å². The number of nitrogen functional groups attached to an aromatic ring is 1. The van der Waals surface area contributed by atoms with Gasteiger partial charge in [-0.25, -0.2) is 0 Å². The second kappa shape index (κ2) is 5.59. The van der Waals surface area contributed by atoms with E-state index in [2.05, 4.69) is 15.6 Å². The van der Waals surface area contributed by atoms with E-state index in [0.717, 1.165) is 0 Å². The summed E-state index contributed by atoms with van der Waals surface area (Å²) in [5.41, 5.74) is 5.84. The minimum atomic E-state index is -0.485. The molecule has 1 saturated heterocycles. The lowest BCUT2D eigenvalue weighted by molar-refractivity contribution is -0.133. The highest BCUT2D eigenvalue weighted by atomic mass is 16.5. The van der Waals surface area contributed by atoms with Crippen LogP contribution in [0.2, 0.25) is 0 Å². The van der Waals surface area contributed by atoms with Gasteiger partial charge in [-0.05, 0) is 39.3 Å². The van der Waals surface area contributed by atoms with Crippen LogP contribution in [-0.4, -0.2) is 28.4 Å². The maximum absolute atomic E-state index is 11.7. The van der Waals surface area contributed by atoms with E-state index in [9.17, 15) is 9.59 Å². The number of nitrogens with two attached hydrogens (primary N) is 1. The number of pyridine rings is 1. The molecule has 0 spiro atoms. The van der Waals surface area contributed by atoms with Crippen molar-refractivity contribution in [2.24, 2.45) is 0 Å². The van der Waals surface area contributed by atoms with Crippen molar-refractivity contribution in [2.45, 2.75) is 45.3 Å². The number of ether oxygens (including phenoxy) is 1. The van der Waals surface area contributed by atoms with Crippen molar-refractivity contribution in [1.29, 1.82) is 0 Å². The molecule has 114 valence electrons. The zero-order chi connectivity index (χ0) is 15.6. The molecule has 1 fully saturated rings. The average molecular weight is 292 g/mol. The molecule has 1 aromatic heterocycles. The first-order valence-electron chi connectivity index (χ1n) is 6.80. The maximum Gasteiger partial charge on any atom is 0.249 e. The normalized spacial score (nSPS) is 19.1. The molecule has 0 radical (unpaired) electrons. The Morgan fingerprint density at radius 2 is 2.10 bits per heavy atom. The van der Waals surface area contributed by atoms with Crippen molar-refractivity contribution < 1.29 is 14.3 Å². The number of aromatic nitrogens is 1. The van der Waals surface area contributed by atoms with E-state index in [-0.39, 0.29) is 11.8 Å². The van der Waals surface area contributed by atoms with Crippen molar-refractivity contribution in [3.63, 3.8) is 0 Å². The number of rotatable bonds is 3. The molecule has 1 aliphatic rings. The van der Waals surface area contributed by atoms with Gasteiger partial charge in [0.05, 0.1) is 5.69 Å². The summed E-state index contributed by atoms with van der Waals surface area (Å²) in [5.74, 6) is 0.209. The number of hydrogen-bond acceptors (Lipinski definition) is 6. The third-order valence-electron chi connectivity index (χ3n) is 2.85. The number of piperidine rings is 1. The van der Waals surface area contributed by atoms with Crippen LogP contribution in [0.15, 0.2) is 12.1 Å². The first-order valence-corrected chi connectivity index (χ1v) is 6.80. The van der Waals surface area contributed by atoms with E-state index < -0.39 is 11.6 Å². The van der Waals surface area contributed by atoms with Crippen LogP contribution in [0.3, 0.4) is 0 Å². The molecule has 0 bridgehead atoms. The Morgan fingerprint density at radius 1 is 1.38 bits per heavy atom. The highest BCUT2D eigenvalue weighted by Crippen LogP contribution is 2.25. The fraction of sp³-hybridized carbons (Fsp3) is 0.500. The molecule has 1 unspecified atom stereocenters. The number of imide groups is 1. The van der Waals surface area contributed by atoms with Gasteiger partial charge in [0.25, 0.3) is 0 Å².